The summed E-state index contributed by atoms with van der Waals surface area (Å²) < 4.78 is 61.5. The predicted molar refractivity (Wildman–Crippen MR) is 66.8 cm³/mol. The number of halogens is 5. The van der Waals surface area contributed by atoms with Crippen molar-refractivity contribution in [3.8, 4) is 0 Å². The lowest BCUT2D eigenvalue weighted by Gasteiger charge is -2.14. The summed E-state index contributed by atoms with van der Waals surface area (Å²) in [6.45, 7) is -0.918. The van der Waals surface area contributed by atoms with Crippen molar-refractivity contribution in [2.75, 3.05) is 12.3 Å². The van der Waals surface area contributed by atoms with Gasteiger partial charge in [0.15, 0.2) is 17.7 Å². The second-order valence-electron chi connectivity index (χ2n) is 4.04. The number of benzene rings is 1. The largest absolute Gasteiger partial charge is 0.416 e. The molecule has 1 amide bonds. The zero-order valence-electron chi connectivity index (χ0n) is 10.6. The van der Waals surface area contributed by atoms with E-state index in [0.717, 1.165) is 23.9 Å². The molecule has 1 unspecified atom stereocenters. The molecular formula is C12H12F5NO2S. The third-order valence-corrected chi connectivity index (χ3v) is 3.35. The van der Waals surface area contributed by atoms with Crippen LogP contribution in [0.3, 0.4) is 0 Å². The number of hydrogen-bond acceptors (Lipinski definition) is 3. The molecule has 0 radical (unpaired) electrons. The van der Waals surface area contributed by atoms with Crippen LogP contribution in [0, 0.1) is 11.6 Å². The van der Waals surface area contributed by atoms with Gasteiger partial charge in [-0.05, 0) is 18.2 Å². The third kappa shape index (κ3) is 6.30. The van der Waals surface area contributed by atoms with Gasteiger partial charge in [-0.15, -0.1) is 11.8 Å². The molecule has 1 rings (SSSR count). The smallest absolute Gasteiger partial charge is 0.382 e. The molecular weight excluding hydrogens is 317 g/mol. The number of thioether (sulfide) groups is 1. The highest BCUT2D eigenvalue weighted by Gasteiger charge is 2.38. The molecule has 0 aliphatic heterocycles. The van der Waals surface area contributed by atoms with Gasteiger partial charge < -0.3 is 10.4 Å². The van der Waals surface area contributed by atoms with Crippen LogP contribution < -0.4 is 5.32 Å². The lowest BCUT2D eigenvalue weighted by atomic mass is 10.3. The molecule has 9 heteroatoms. The van der Waals surface area contributed by atoms with Crippen LogP contribution in [0.4, 0.5) is 22.0 Å². The first-order valence-electron chi connectivity index (χ1n) is 5.79. The highest BCUT2D eigenvalue weighted by atomic mass is 32.2. The molecule has 1 aromatic rings. The molecule has 2 N–H and O–H groups in total. The van der Waals surface area contributed by atoms with Crippen molar-refractivity contribution in [1.82, 2.24) is 5.32 Å². The summed E-state index contributed by atoms with van der Waals surface area (Å²) >= 11 is 1.06. The number of rotatable bonds is 6. The molecule has 0 saturated carbocycles. The lowest BCUT2D eigenvalue weighted by Crippen LogP contribution is -2.40. The molecule has 0 aliphatic carbocycles. The first kappa shape index (κ1) is 17.7. The maximum atomic E-state index is 12.9. The number of amides is 1. The summed E-state index contributed by atoms with van der Waals surface area (Å²) in [5.74, 6) is -2.50. The number of alkyl halides is 3. The normalized spacial score (nSPS) is 13.0. The Balaban J connectivity index is 2.29. The van der Waals surface area contributed by atoms with Crippen LogP contribution in [-0.2, 0) is 4.79 Å². The van der Waals surface area contributed by atoms with Crippen LogP contribution in [0.2, 0.25) is 0 Å². The van der Waals surface area contributed by atoms with E-state index in [1.54, 1.807) is 0 Å². The summed E-state index contributed by atoms with van der Waals surface area (Å²) in [5, 5.41) is 10.6. The van der Waals surface area contributed by atoms with Gasteiger partial charge in [-0.3, -0.25) is 4.79 Å². The van der Waals surface area contributed by atoms with Gasteiger partial charge >= 0.3 is 6.18 Å². The van der Waals surface area contributed by atoms with E-state index >= 15 is 0 Å². The topological polar surface area (TPSA) is 49.3 Å². The predicted octanol–water partition coefficient (Wildman–Crippen LogP) is 2.49. The van der Waals surface area contributed by atoms with Crippen LogP contribution in [0.25, 0.3) is 0 Å². The third-order valence-electron chi connectivity index (χ3n) is 2.36. The van der Waals surface area contributed by atoms with Gasteiger partial charge in [-0.25, -0.2) is 8.78 Å². The standard InChI is InChI=1S/C12H12F5NO2S/c13-8-2-1-7(5-9(8)14)21-4-3-11(20)18-6-10(19)12(15,16)17/h1-2,5,10,19H,3-4,6H2,(H,18,20). The zero-order chi connectivity index (χ0) is 16.0. The number of carbonyl (C=O) groups is 1. The zero-order valence-corrected chi connectivity index (χ0v) is 11.4. The summed E-state index contributed by atoms with van der Waals surface area (Å²) in [6.07, 6.45) is -7.51. The molecule has 0 aromatic heterocycles. The molecule has 0 bridgehead atoms. The first-order chi connectivity index (χ1) is 9.70. The van der Waals surface area contributed by atoms with Crippen LogP contribution in [0.1, 0.15) is 6.42 Å². The monoisotopic (exact) mass is 329 g/mol. The molecule has 0 saturated heterocycles. The Morgan fingerprint density at radius 2 is 1.95 bits per heavy atom. The molecule has 0 heterocycles. The van der Waals surface area contributed by atoms with Crippen molar-refractivity contribution in [2.45, 2.75) is 23.6 Å². The minimum atomic E-state index is -4.78. The quantitative estimate of drug-likeness (QED) is 0.623. The Hall–Kier alpha value is -1.35. The van der Waals surface area contributed by atoms with Crippen molar-refractivity contribution >= 4 is 17.7 Å². The Morgan fingerprint density at radius 1 is 1.29 bits per heavy atom. The molecule has 3 nitrogen and oxygen atoms in total. The van der Waals surface area contributed by atoms with Crippen molar-refractivity contribution < 1.29 is 31.9 Å². The fourth-order valence-electron chi connectivity index (χ4n) is 1.24. The van der Waals surface area contributed by atoms with Gasteiger partial charge in [0.1, 0.15) is 0 Å². The van der Waals surface area contributed by atoms with E-state index in [4.69, 9.17) is 5.11 Å². The molecule has 1 atom stereocenters. The minimum Gasteiger partial charge on any atom is -0.382 e. The van der Waals surface area contributed by atoms with Crippen molar-refractivity contribution in [2.24, 2.45) is 0 Å². The number of hydrogen-bond donors (Lipinski definition) is 2. The van der Waals surface area contributed by atoms with Crippen molar-refractivity contribution in [3.05, 3.63) is 29.8 Å². The maximum Gasteiger partial charge on any atom is 0.416 e. The average molecular weight is 329 g/mol. The molecule has 0 fully saturated rings. The summed E-state index contributed by atoms with van der Waals surface area (Å²) in [5.41, 5.74) is 0. The molecule has 0 spiro atoms. The van der Waals surface area contributed by atoms with Crippen LogP contribution in [0.5, 0.6) is 0 Å². The van der Waals surface area contributed by atoms with Gasteiger partial charge in [0.2, 0.25) is 5.91 Å². The van der Waals surface area contributed by atoms with Gasteiger partial charge in [0.05, 0.1) is 6.54 Å². The number of nitrogens with one attached hydrogen (secondary N) is 1. The fraction of sp³-hybridized carbons (Fsp3) is 0.417. The van der Waals surface area contributed by atoms with Crippen LogP contribution in [0.15, 0.2) is 23.1 Å². The Labute approximate surface area is 121 Å². The number of carbonyl (C=O) groups excluding carboxylic acids is 1. The molecule has 118 valence electrons. The van der Waals surface area contributed by atoms with E-state index < -0.39 is 36.4 Å². The minimum absolute atomic E-state index is 0.117. The van der Waals surface area contributed by atoms with Crippen molar-refractivity contribution in [1.29, 1.82) is 0 Å². The Kier molecular flexibility index (Phi) is 6.41. The second-order valence-corrected chi connectivity index (χ2v) is 5.20. The van der Waals surface area contributed by atoms with E-state index in [1.165, 1.54) is 6.07 Å². The number of aliphatic hydroxyl groups excluding tert-OH is 1. The maximum absolute atomic E-state index is 12.9. The van der Waals surface area contributed by atoms with Gasteiger partial charge in [-0.2, -0.15) is 13.2 Å². The van der Waals surface area contributed by atoms with E-state index in [0.29, 0.717) is 4.90 Å². The van der Waals surface area contributed by atoms with Crippen molar-refractivity contribution in [3.63, 3.8) is 0 Å². The van der Waals surface area contributed by atoms with Gasteiger partial charge in [0.25, 0.3) is 0 Å². The highest BCUT2D eigenvalue weighted by Crippen LogP contribution is 2.21. The van der Waals surface area contributed by atoms with E-state index in [-0.39, 0.29) is 12.2 Å². The fourth-order valence-corrected chi connectivity index (χ4v) is 2.12. The molecule has 1 aromatic carbocycles. The van der Waals surface area contributed by atoms with Crippen LogP contribution in [-0.4, -0.2) is 35.6 Å². The average Bonchev–Trinajstić information content (AvgIpc) is 2.39. The van der Waals surface area contributed by atoms with Gasteiger partial charge in [0, 0.05) is 17.1 Å². The van der Waals surface area contributed by atoms with E-state index in [2.05, 4.69) is 0 Å². The lowest BCUT2D eigenvalue weighted by molar-refractivity contribution is -0.201. The summed E-state index contributed by atoms with van der Waals surface area (Å²) in [6, 6.07) is 3.23. The van der Waals surface area contributed by atoms with E-state index in [9.17, 15) is 26.7 Å². The second kappa shape index (κ2) is 7.60. The highest BCUT2D eigenvalue weighted by molar-refractivity contribution is 7.99. The summed E-state index contributed by atoms with van der Waals surface area (Å²) in [7, 11) is 0. The molecule has 21 heavy (non-hydrogen) atoms. The first-order valence-corrected chi connectivity index (χ1v) is 6.78. The molecule has 0 aliphatic rings. The SMILES string of the molecule is O=C(CCSc1ccc(F)c(F)c1)NCC(O)C(F)(F)F. The number of aliphatic hydroxyl groups is 1. The Bertz CT molecular complexity index is 495. The van der Waals surface area contributed by atoms with Gasteiger partial charge in [-0.1, -0.05) is 0 Å². The van der Waals surface area contributed by atoms with Crippen LogP contribution >= 0.6 is 11.8 Å². The Morgan fingerprint density at radius 3 is 2.52 bits per heavy atom. The summed E-state index contributed by atoms with van der Waals surface area (Å²) in [4.78, 5) is 11.6. The van der Waals surface area contributed by atoms with E-state index in [1.807, 2.05) is 5.32 Å².